The molecule has 1 aromatic heterocycles. The highest BCUT2D eigenvalue weighted by Crippen LogP contribution is 2.23. The van der Waals surface area contributed by atoms with Crippen molar-refractivity contribution in [3.63, 3.8) is 0 Å². The van der Waals surface area contributed by atoms with Gasteiger partial charge in [-0.05, 0) is 42.2 Å². The zero-order valence-corrected chi connectivity index (χ0v) is 9.69. The van der Waals surface area contributed by atoms with E-state index < -0.39 is 5.56 Å². The quantitative estimate of drug-likeness (QED) is 0.859. The Kier molecular flexibility index (Phi) is 2.93. The molecule has 0 unspecified atom stereocenters. The second-order valence-corrected chi connectivity index (χ2v) is 4.31. The van der Waals surface area contributed by atoms with Gasteiger partial charge in [0.15, 0.2) is 5.56 Å². The van der Waals surface area contributed by atoms with Crippen molar-refractivity contribution < 1.29 is 4.39 Å². The van der Waals surface area contributed by atoms with Crippen LogP contribution < -0.4 is 10.9 Å². The first kappa shape index (κ1) is 11.4. The summed E-state index contributed by atoms with van der Waals surface area (Å²) < 4.78 is 15.6. The molecule has 4 nitrogen and oxygen atoms in total. The summed E-state index contributed by atoms with van der Waals surface area (Å²) in [6.07, 6.45) is 0. The second-order valence-electron chi connectivity index (χ2n) is 3.49. The van der Waals surface area contributed by atoms with E-state index in [4.69, 9.17) is 5.26 Å². The third-order valence-corrected chi connectivity index (χ3v) is 2.91. The van der Waals surface area contributed by atoms with Crippen LogP contribution in [0, 0.1) is 24.1 Å². The molecule has 0 aliphatic heterocycles. The number of hydrogen-bond acceptors (Lipinski definition) is 4. The average Bonchev–Trinajstić information content (AvgIpc) is 2.57. The molecule has 0 saturated heterocycles. The third-order valence-electron chi connectivity index (χ3n) is 2.11. The van der Waals surface area contributed by atoms with Crippen LogP contribution in [0.5, 0.6) is 0 Å². The van der Waals surface area contributed by atoms with E-state index in [0.29, 0.717) is 10.7 Å². The lowest BCUT2D eigenvalue weighted by molar-refractivity contribution is 0.627. The van der Waals surface area contributed by atoms with Crippen LogP contribution in [0.1, 0.15) is 11.1 Å². The zero-order chi connectivity index (χ0) is 12.4. The molecule has 0 atom stereocenters. The molecule has 0 bridgehead atoms. The van der Waals surface area contributed by atoms with Crippen molar-refractivity contribution in [1.82, 2.24) is 4.37 Å². The number of hydrogen-bond donors (Lipinski definition) is 2. The van der Waals surface area contributed by atoms with Gasteiger partial charge in [0.05, 0.1) is 0 Å². The molecule has 0 spiro atoms. The zero-order valence-electron chi connectivity index (χ0n) is 8.87. The average molecular weight is 249 g/mol. The topological polar surface area (TPSA) is 68.7 Å². The van der Waals surface area contributed by atoms with Gasteiger partial charge in [0.1, 0.15) is 16.9 Å². The largest absolute Gasteiger partial charge is 0.345 e. The van der Waals surface area contributed by atoms with Crippen LogP contribution in [-0.2, 0) is 0 Å². The SMILES string of the molecule is Cc1cc(F)cc(Nc2s[nH]c(=O)c2C#N)c1. The van der Waals surface area contributed by atoms with Gasteiger partial charge < -0.3 is 5.32 Å². The number of benzene rings is 1. The maximum Gasteiger partial charge on any atom is 0.278 e. The highest BCUT2D eigenvalue weighted by molar-refractivity contribution is 7.10. The summed E-state index contributed by atoms with van der Waals surface area (Å²) >= 11 is 1.01. The number of halogens is 1. The molecule has 0 fully saturated rings. The first-order valence-electron chi connectivity index (χ1n) is 4.76. The standard InChI is InChI=1S/C11H8FN3OS/c1-6-2-7(12)4-8(3-6)14-11-9(5-13)10(16)15-17-11/h2-4,14H,1H3,(H,15,16). The van der Waals surface area contributed by atoms with E-state index in [1.54, 1.807) is 19.1 Å². The maximum atomic E-state index is 13.1. The molecule has 2 aromatic rings. The fraction of sp³-hybridized carbons (Fsp3) is 0.0909. The molecule has 0 radical (unpaired) electrons. The molecular weight excluding hydrogens is 241 g/mol. The van der Waals surface area contributed by atoms with Crippen LogP contribution in [-0.4, -0.2) is 4.37 Å². The molecule has 2 rings (SSSR count). The van der Waals surface area contributed by atoms with Crippen molar-refractivity contribution in [3.8, 4) is 6.07 Å². The monoisotopic (exact) mass is 249 g/mol. The minimum absolute atomic E-state index is 0.0110. The van der Waals surface area contributed by atoms with E-state index in [-0.39, 0.29) is 11.4 Å². The number of rotatable bonds is 2. The Labute approximate surface area is 100 Å². The summed E-state index contributed by atoms with van der Waals surface area (Å²) in [7, 11) is 0. The van der Waals surface area contributed by atoms with Gasteiger partial charge in [-0.3, -0.25) is 9.17 Å². The molecule has 1 heterocycles. The molecule has 0 amide bonds. The molecule has 17 heavy (non-hydrogen) atoms. The molecule has 6 heteroatoms. The predicted octanol–water partition coefficient (Wildman–Crippen LogP) is 2.50. The second kappa shape index (κ2) is 4.39. The van der Waals surface area contributed by atoms with E-state index in [1.807, 2.05) is 0 Å². The third kappa shape index (κ3) is 2.34. The lowest BCUT2D eigenvalue weighted by Crippen LogP contribution is -2.02. The van der Waals surface area contributed by atoms with Gasteiger partial charge in [-0.1, -0.05) is 0 Å². The van der Waals surface area contributed by atoms with Gasteiger partial charge in [-0.25, -0.2) is 4.39 Å². The summed E-state index contributed by atoms with van der Waals surface area (Å²) in [4.78, 5) is 11.2. The Bertz CT molecular complexity index is 633. The minimum atomic E-state index is -0.437. The van der Waals surface area contributed by atoms with Crippen LogP contribution in [0.3, 0.4) is 0 Å². The number of nitrogens with one attached hydrogen (secondary N) is 2. The highest BCUT2D eigenvalue weighted by Gasteiger charge is 2.10. The van der Waals surface area contributed by atoms with E-state index in [2.05, 4.69) is 9.69 Å². The number of nitriles is 1. The number of aromatic amines is 1. The fourth-order valence-corrected chi connectivity index (χ4v) is 2.14. The molecule has 86 valence electrons. The van der Waals surface area contributed by atoms with Crippen molar-refractivity contribution in [2.75, 3.05) is 5.32 Å². The number of aromatic nitrogens is 1. The Morgan fingerprint density at radius 2 is 2.24 bits per heavy atom. The lowest BCUT2D eigenvalue weighted by Gasteiger charge is -2.04. The first-order valence-corrected chi connectivity index (χ1v) is 5.57. The van der Waals surface area contributed by atoms with E-state index >= 15 is 0 Å². The number of nitrogens with zero attached hydrogens (tertiary/aromatic N) is 1. The number of aryl methyl sites for hydroxylation is 1. The van der Waals surface area contributed by atoms with Crippen LogP contribution in [0.25, 0.3) is 0 Å². The van der Waals surface area contributed by atoms with Gasteiger partial charge in [0.2, 0.25) is 0 Å². The highest BCUT2D eigenvalue weighted by atomic mass is 32.1. The van der Waals surface area contributed by atoms with Gasteiger partial charge in [0, 0.05) is 5.69 Å². The lowest BCUT2D eigenvalue weighted by atomic mass is 10.2. The van der Waals surface area contributed by atoms with Gasteiger partial charge in [-0.2, -0.15) is 5.26 Å². The van der Waals surface area contributed by atoms with Gasteiger partial charge >= 0.3 is 0 Å². The van der Waals surface area contributed by atoms with Crippen LogP contribution in [0.2, 0.25) is 0 Å². The molecule has 1 aromatic carbocycles. The molecule has 0 aliphatic rings. The summed E-state index contributed by atoms with van der Waals surface area (Å²) in [5, 5.41) is 12.0. The van der Waals surface area contributed by atoms with Crippen LogP contribution in [0.4, 0.5) is 15.1 Å². The van der Waals surface area contributed by atoms with Crippen molar-refractivity contribution in [2.24, 2.45) is 0 Å². The Hall–Kier alpha value is -2.13. The van der Waals surface area contributed by atoms with Crippen molar-refractivity contribution in [3.05, 3.63) is 45.5 Å². The first-order chi connectivity index (χ1) is 8.10. The Balaban J connectivity index is 2.38. The summed E-state index contributed by atoms with van der Waals surface area (Å²) in [5.74, 6) is -0.367. The van der Waals surface area contributed by atoms with Crippen LogP contribution >= 0.6 is 11.5 Å². The molecular formula is C11H8FN3OS. The van der Waals surface area contributed by atoms with E-state index in [0.717, 1.165) is 17.1 Å². The minimum Gasteiger partial charge on any atom is -0.345 e. The summed E-state index contributed by atoms with van der Waals surface area (Å²) in [6, 6.07) is 6.24. The number of H-pyrrole nitrogens is 1. The molecule has 0 saturated carbocycles. The predicted molar refractivity (Wildman–Crippen MR) is 64.1 cm³/mol. The fourth-order valence-electron chi connectivity index (χ4n) is 1.43. The van der Waals surface area contributed by atoms with Crippen molar-refractivity contribution >= 4 is 22.2 Å². The molecule has 0 aliphatic carbocycles. The van der Waals surface area contributed by atoms with Gasteiger partial charge in [0.25, 0.3) is 5.56 Å². The maximum absolute atomic E-state index is 13.1. The molecule has 2 N–H and O–H groups in total. The smallest absolute Gasteiger partial charge is 0.278 e. The Morgan fingerprint density at radius 3 is 2.88 bits per heavy atom. The summed E-state index contributed by atoms with van der Waals surface area (Å²) in [6.45, 7) is 1.76. The van der Waals surface area contributed by atoms with Crippen molar-refractivity contribution in [2.45, 2.75) is 6.92 Å². The Morgan fingerprint density at radius 1 is 1.47 bits per heavy atom. The normalized spacial score (nSPS) is 9.94. The van der Waals surface area contributed by atoms with E-state index in [9.17, 15) is 9.18 Å². The van der Waals surface area contributed by atoms with Crippen molar-refractivity contribution in [1.29, 1.82) is 5.26 Å². The van der Waals surface area contributed by atoms with E-state index in [1.165, 1.54) is 12.1 Å². The van der Waals surface area contributed by atoms with Gasteiger partial charge in [-0.15, -0.1) is 0 Å². The summed E-state index contributed by atoms with van der Waals surface area (Å²) in [5.41, 5.74) is 0.841. The number of anilines is 2. The van der Waals surface area contributed by atoms with Crippen LogP contribution in [0.15, 0.2) is 23.0 Å².